The summed E-state index contributed by atoms with van der Waals surface area (Å²) in [7, 11) is 0. The minimum atomic E-state index is 0.580. The molecule has 3 rings (SSSR count). The molecule has 28 heavy (non-hydrogen) atoms. The highest BCUT2D eigenvalue weighted by molar-refractivity contribution is 7.78. The highest BCUT2D eigenvalue weighted by Gasteiger charge is 2.19. The number of isothiocyanates is 1. The Morgan fingerprint density at radius 2 is 1.54 bits per heavy atom. The first-order chi connectivity index (χ1) is 13.8. The Morgan fingerprint density at radius 3 is 2.14 bits per heavy atom. The largest absolute Gasteiger partial charge is 0.195 e. The third kappa shape index (κ3) is 6.16. The van der Waals surface area contributed by atoms with Gasteiger partial charge in [-0.05, 0) is 79.2 Å². The van der Waals surface area contributed by atoms with Crippen LogP contribution in [0.15, 0.2) is 53.5 Å². The maximum absolute atomic E-state index is 4.64. The van der Waals surface area contributed by atoms with Gasteiger partial charge in [-0.15, -0.1) is 0 Å². The van der Waals surface area contributed by atoms with Gasteiger partial charge in [0, 0.05) is 11.5 Å². The van der Waals surface area contributed by atoms with Crippen LogP contribution in [0.1, 0.15) is 63.9 Å². The van der Waals surface area contributed by atoms with Gasteiger partial charge in [0.1, 0.15) is 0 Å². The molecule has 2 aromatic carbocycles. The highest BCUT2D eigenvalue weighted by Crippen LogP contribution is 2.31. The Morgan fingerprint density at radius 1 is 0.893 bits per heavy atom. The van der Waals surface area contributed by atoms with E-state index in [2.05, 4.69) is 77.5 Å². The first kappa shape index (κ1) is 20.5. The molecule has 1 fully saturated rings. The summed E-state index contributed by atoms with van der Waals surface area (Å²) in [5.41, 5.74) is 4.30. The van der Waals surface area contributed by atoms with Crippen molar-refractivity contribution in [2.75, 3.05) is 0 Å². The van der Waals surface area contributed by atoms with Crippen molar-refractivity contribution in [2.24, 2.45) is 16.8 Å². The van der Waals surface area contributed by atoms with Gasteiger partial charge in [-0.25, -0.2) is 0 Å². The zero-order valence-electron chi connectivity index (χ0n) is 16.8. The first-order valence-corrected chi connectivity index (χ1v) is 11.0. The molecule has 0 aliphatic heterocycles. The van der Waals surface area contributed by atoms with Crippen molar-refractivity contribution in [3.8, 4) is 23.0 Å². The molecule has 0 saturated heterocycles. The fourth-order valence-electron chi connectivity index (χ4n) is 3.99. The van der Waals surface area contributed by atoms with Crippen LogP contribution in [0.3, 0.4) is 0 Å². The Bertz CT molecular complexity index is 840. The third-order valence-corrected chi connectivity index (χ3v) is 5.83. The van der Waals surface area contributed by atoms with Crippen molar-refractivity contribution in [1.82, 2.24) is 0 Å². The summed E-state index contributed by atoms with van der Waals surface area (Å²) in [6.45, 7) is 2.28. The molecule has 0 radical (unpaired) electrons. The maximum Gasteiger partial charge on any atom is 0.0739 e. The second kappa shape index (κ2) is 11.0. The van der Waals surface area contributed by atoms with Gasteiger partial charge in [0.15, 0.2) is 0 Å². The van der Waals surface area contributed by atoms with Crippen LogP contribution in [0, 0.1) is 23.7 Å². The second-order valence-corrected chi connectivity index (χ2v) is 7.99. The smallest absolute Gasteiger partial charge is 0.0739 e. The van der Waals surface area contributed by atoms with Crippen LogP contribution in [0.2, 0.25) is 0 Å². The summed E-state index contributed by atoms with van der Waals surface area (Å²) in [4.78, 5) is 3.99. The number of nitrogens with zero attached hydrogens (tertiary/aromatic N) is 1. The maximum atomic E-state index is 4.64. The van der Waals surface area contributed by atoms with Crippen molar-refractivity contribution in [3.05, 3.63) is 54.1 Å². The molecule has 0 heterocycles. The Labute approximate surface area is 175 Å². The lowest BCUT2D eigenvalue weighted by Crippen LogP contribution is -2.13. The molecule has 2 heteroatoms. The van der Waals surface area contributed by atoms with E-state index in [1.165, 1.54) is 62.5 Å². The van der Waals surface area contributed by atoms with Gasteiger partial charge >= 0.3 is 0 Å². The van der Waals surface area contributed by atoms with E-state index in [1.807, 2.05) is 12.1 Å². The lowest BCUT2D eigenvalue weighted by molar-refractivity contribution is 0.294. The van der Waals surface area contributed by atoms with E-state index in [4.69, 9.17) is 0 Å². The Balaban J connectivity index is 1.53. The lowest BCUT2D eigenvalue weighted by Gasteiger charge is -2.25. The topological polar surface area (TPSA) is 12.4 Å². The second-order valence-electron chi connectivity index (χ2n) is 7.81. The summed E-state index contributed by atoms with van der Waals surface area (Å²) in [5, 5.41) is 2.40. The van der Waals surface area contributed by atoms with Crippen LogP contribution in [-0.2, 0) is 0 Å². The molecule has 1 saturated carbocycles. The normalized spacial score (nSPS) is 18.6. The monoisotopic (exact) mass is 387 g/mol. The third-order valence-electron chi connectivity index (χ3n) is 5.74. The van der Waals surface area contributed by atoms with E-state index in [-0.39, 0.29) is 0 Å². The molecule has 0 spiro atoms. The standard InChI is InChI=1S/C26H29NS/c1-2-3-4-5-21-6-8-22(9-7-21)10-11-23-12-14-24(15-13-23)25-16-18-26(19-17-25)27-20-28/h12-19,21-22H,2-9H2,1H3. The molecule has 1 nitrogen and oxygen atoms in total. The molecule has 144 valence electrons. The number of rotatable bonds is 6. The zero-order valence-corrected chi connectivity index (χ0v) is 17.6. The van der Waals surface area contributed by atoms with E-state index in [0.717, 1.165) is 17.2 Å². The number of hydrogen-bond donors (Lipinski definition) is 0. The number of unbranched alkanes of at least 4 members (excludes halogenated alkanes) is 2. The predicted molar refractivity (Wildman–Crippen MR) is 123 cm³/mol. The van der Waals surface area contributed by atoms with Crippen molar-refractivity contribution in [3.63, 3.8) is 0 Å². The quantitative estimate of drug-likeness (QED) is 0.213. The molecule has 0 aromatic heterocycles. The summed E-state index contributed by atoms with van der Waals surface area (Å²) in [6, 6.07) is 16.6. The Kier molecular flexibility index (Phi) is 8.04. The van der Waals surface area contributed by atoms with Gasteiger partial charge in [-0.2, -0.15) is 4.99 Å². The van der Waals surface area contributed by atoms with Gasteiger partial charge in [0.05, 0.1) is 10.8 Å². The van der Waals surface area contributed by atoms with Gasteiger partial charge in [0.25, 0.3) is 0 Å². The van der Waals surface area contributed by atoms with Crippen molar-refractivity contribution in [1.29, 1.82) is 0 Å². The van der Waals surface area contributed by atoms with E-state index in [0.29, 0.717) is 5.92 Å². The minimum absolute atomic E-state index is 0.580. The van der Waals surface area contributed by atoms with Crippen LogP contribution >= 0.6 is 12.2 Å². The molecule has 0 N–H and O–H groups in total. The molecule has 0 atom stereocenters. The molecule has 1 aliphatic rings. The number of benzene rings is 2. The molecule has 1 aliphatic carbocycles. The summed E-state index contributed by atoms with van der Waals surface area (Å²) < 4.78 is 0. The number of thiocarbonyl (C=S) groups is 1. The van der Waals surface area contributed by atoms with E-state index < -0.39 is 0 Å². The van der Waals surface area contributed by atoms with Crippen molar-refractivity contribution < 1.29 is 0 Å². The van der Waals surface area contributed by atoms with Crippen molar-refractivity contribution >= 4 is 23.1 Å². The van der Waals surface area contributed by atoms with Crippen LogP contribution in [-0.4, -0.2) is 5.16 Å². The van der Waals surface area contributed by atoms with E-state index in [9.17, 15) is 0 Å². The molecule has 2 aromatic rings. The van der Waals surface area contributed by atoms with Gasteiger partial charge in [-0.3, -0.25) is 0 Å². The zero-order chi connectivity index (χ0) is 19.6. The van der Waals surface area contributed by atoms with Crippen molar-refractivity contribution in [2.45, 2.75) is 58.3 Å². The van der Waals surface area contributed by atoms with Gasteiger partial charge in [-0.1, -0.05) is 68.7 Å². The summed E-state index contributed by atoms with van der Waals surface area (Å²) in [5.74, 6) is 8.46. The molecular weight excluding hydrogens is 358 g/mol. The fourth-order valence-corrected chi connectivity index (χ4v) is 4.10. The minimum Gasteiger partial charge on any atom is -0.195 e. The summed E-state index contributed by atoms with van der Waals surface area (Å²) in [6.07, 6.45) is 10.8. The van der Waals surface area contributed by atoms with Crippen LogP contribution in [0.4, 0.5) is 5.69 Å². The predicted octanol–water partition coefficient (Wildman–Crippen LogP) is 7.83. The molecular formula is C26H29NS. The number of hydrogen-bond acceptors (Lipinski definition) is 2. The molecule has 0 unspecified atom stereocenters. The van der Waals surface area contributed by atoms with E-state index >= 15 is 0 Å². The lowest BCUT2D eigenvalue weighted by atomic mass is 9.80. The average Bonchev–Trinajstić information content (AvgIpc) is 2.75. The summed E-state index contributed by atoms with van der Waals surface area (Å²) >= 11 is 4.64. The highest BCUT2D eigenvalue weighted by atomic mass is 32.1. The molecule has 0 amide bonds. The number of aliphatic imine (C=N–C) groups is 1. The Hall–Kier alpha value is -2.20. The SMILES string of the molecule is CCCCCC1CCC(C#Cc2ccc(-c3ccc(N=C=S)cc3)cc2)CC1. The van der Waals surface area contributed by atoms with Crippen LogP contribution in [0.25, 0.3) is 11.1 Å². The fraction of sp³-hybridized carbons (Fsp3) is 0.423. The molecule has 0 bridgehead atoms. The van der Waals surface area contributed by atoms with Gasteiger partial charge in [0.2, 0.25) is 0 Å². The average molecular weight is 388 g/mol. The van der Waals surface area contributed by atoms with Gasteiger partial charge < -0.3 is 0 Å². The first-order valence-electron chi connectivity index (χ1n) is 10.6. The van der Waals surface area contributed by atoms with Crippen LogP contribution < -0.4 is 0 Å². The van der Waals surface area contributed by atoms with Crippen LogP contribution in [0.5, 0.6) is 0 Å². The van der Waals surface area contributed by atoms with E-state index in [1.54, 1.807) is 0 Å².